The second-order valence-electron chi connectivity index (χ2n) is 6.26. The zero-order valence-electron chi connectivity index (χ0n) is 16.2. The van der Waals surface area contributed by atoms with Gasteiger partial charge in [0.1, 0.15) is 17.3 Å². The predicted molar refractivity (Wildman–Crippen MR) is 104 cm³/mol. The molecule has 0 aliphatic carbocycles. The molecule has 2 aromatic heterocycles. The first-order valence-electron chi connectivity index (χ1n) is 8.33. The minimum Gasteiger partial charge on any atom is -0.496 e. The van der Waals surface area contributed by atoms with Crippen LogP contribution in [0.5, 0.6) is 11.5 Å². The maximum absolute atomic E-state index is 12.5. The first kappa shape index (κ1) is 18.5. The number of nitrogens with zero attached hydrogens (tertiary/aromatic N) is 4. The van der Waals surface area contributed by atoms with Crippen LogP contribution < -0.4 is 20.7 Å². The van der Waals surface area contributed by atoms with Crippen LogP contribution in [0.25, 0.3) is 23.3 Å². The van der Waals surface area contributed by atoms with Gasteiger partial charge in [0.25, 0.3) is 5.56 Å². The molecule has 0 saturated heterocycles. The molecule has 1 aromatic carbocycles. The van der Waals surface area contributed by atoms with Crippen LogP contribution in [0.1, 0.15) is 17.0 Å². The van der Waals surface area contributed by atoms with Crippen LogP contribution in [0.15, 0.2) is 21.7 Å². The van der Waals surface area contributed by atoms with Crippen molar-refractivity contribution < 1.29 is 9.47 Å². The molecule has 0 atom stereocenters. The van der Waals surface area contributed by atoms with E-state index in [4.69, 9.17) is 9.47 Å². The van der Waals surface area contributed by atoms with E-state index in [-0.39, 0.29) is 5.56 Å². The predicted octanol–water partition coefficient (Wildman–Crippen LogP) is 1.47. The molecule has 3 rings (SSSR count). The number of benzene rings is 1. The Labute approximate surface area is 155 Å². The zero-order chi connectivity index (χ0) is 19.9. The van der Waals surface area contributed by atoms with Crippen LogP contribution in [-0.4, -0.2) is 32.9 Å². The van der Waals surface area contributed by atoms with E-state index in [2.05, 4.69) is 4.98 Å². The molecule has 0 saturated carbocycles. The van der Waals surface area contributed by atoms with Crippen molar-refractivity contribution in [1.82, 2.24) is 18.7 Å². The van der Waals surface area contributed by atoms with Crippen LogP contribution in [0.3, 0.4) is 0 Å². The van der Waals surface area contributed by atoms with Crippen LogP contribution >= 0.6 is 0 Å². The van der Waals surface area contributed by atoms with Gasteiger partial charge in [0.15, 0.2) is 11.2 Å². The van der Waals surface area contributed by atoms with Crippen LogP contribution in [0, 0.1) is 6.92 Å². The summed E-state index contributed by atoms with van der Waals surface area (Å²) in [6, 6.07) is 3.75. The highest BCUT2D eigenvalue weighted by Gasteiger charge is 2.16. The van der Waals surface area contributed by atoms with Gasteiger partial charge in [0.2, 0.25) is 0 Å². The van der Waals surface area contributed by atoms with Gasteiger partial charge in [-0.1, -0.05) is 0 Å². The highest BCUT2D eigenvalue weighted by Crippen LogP contribution is 2.32. The summed E-state index contributed by atoms with van der Waals surface area (Å²) >= 11 is 0. The molecular formula is C19H22N4O4. The molecule has 0 N–H and O–H groups in total. The molecule has 8 heteroatoms. The Hall–Kier alpha value is -3.29. The molecule has 8 nitrogen and oxygen atoms in total. The first-order valence-corrected chi connectivity index (χ1v) is 8.33. The number of ether oxygens (including phenoxy) is 2. The van der Waals surface area contributed by atoms with Gasteiger partial charge in [-0.05, 0) is 31.2 Å². The SMILES string of the molecule is COc1ccc(/C=C/c2nc3c(c(=O)n(C)c(=O)n3C)n2C)c(OC)c1C. The summed E-state index contributed by atoms with van der Waals surface area (Å²) in [6.07, 6.45) is 3.64. The standard InChI is InChI=1S/C19H22N4O4/c1-11-13(26-5)9-7-12(16(11)27-6)8-10-14-20-17-15(21(14)2)18(24)23(4)19(25)22(17)3/h7-10H,1-6H3/b10-8+. The van der Waals surface area contributed by atoms with Crippen molar-refractivity contribution in [1.29, 1.82) is 0 Å². The average Bonchev–Trinajstić information content (AvgIpc) is 2.99. The second kappa shape index (κ2) is 6.79. The molecule has 0 amide bonds. The van der Waals surface area contributed by atoms with Crippen molar-refractivity contribution in [2.45, 2.75) is 6.92 Å². The zero-order valence-corrected chi connectivity index (χ0v) is 16.2. The minimum atomic E-state index is -0.409. The van der Waals surface area contributed by atoms with Crippen molar-refractivity contribution in [2.75, 3.05) is 14.2 Å². The van der Waals surface area contributed by atoms with Gasteiger partial charge in [0, 0.05) is 32.3 Å². The van der Waals surface area contributed by atoms with Crippen LogP contribution in [-0.2, 0) is 21.1 Å². The Bertz CT molecular complexity index is 1180. The second-order valence-corrected chi connectivity index (χ2v) is 6.26. The van der Waals surface area contributed by atoms with Gasteiger partial charge < -0.3 is 14.0 Å². The molecule has 0 fully saturated rings. The number of aromatic nitrogens is 4. The molecule has 0 unspecified atom stereocenters. The Morgan fingerprint density at radius 1 is 0.963 bits per heavy atom. The third-order valence-corrected chi connectivity index (χ3v) is 4.73. The third-order valence-electron chi connectivity index (χ3n) is 4.73. The van der Waals surface area contributed by atoms with Gasteiger partial charge in [-0.15, -0.1) is 0 Å². The van der Waals surface area contributed by atoms with E-state index in [1.165, 1.54) is 11.6 Å². The van der Waals surface area contributed by atoms with Gasteiger partial charge in [-0.25, -0.2) is 9.78 Å². The molecule has 0 aliphatic heterocycles. The van der Waals surface area contributed by atoms with E-state index >= 15 is 0 Å². The fraction of sp³-hybridized carbons (Fsp3) is 0.316. The number of methoxy groups -OCH3 is 2. The Kier molecular flexibility index (Phi) is 4.65. The summed E-state index contributed by atoms with van der Waals surface area (Å²) in [7, 11) is 8.02. The lowest BCUT2D eigenvalue weighted by Gasteiger charge is -2.12. The number of fused-ring (bicyclic) bond motifs is 1. The Morgan fingerprint density at radius 2 is 1.67 bits per heavy atom. The van der Waals surface area contributed by atoms with E-state index < -0.39 is 5.69 Å². The summed E-state index contributed by atoms with van der Waals surface area (Å²) in [5.74, 6) is 2.00. The monoisotopic (exact) mass is 370 g/mol. The maximum atomic E-state index is 12.5. The molecule has 0 spiro atoms. The number of imidazole rings is 1. The molecule has 3 aromatic rings. The Morgan fingerprint density at radius 3 is 2.30 bits per heavy atom. The van der Waals surface area contributed by atoms with Gasteiger partial charge in [-0.2, -0.15) is 0 Å². The number of aryl methyl sites for hydroxylation is 2. The largest absolute Gasteiger partial charge is 0.496 e. The van der Waals surface area contributed by atoms with E-state index in [1.807, 2.05) is 25.1 Å². The fourth-order valence-electron chi connectivity index (χ4n) is 3.17. The summed E-state index contributed by atoms with van der Waals surface area (Å²) in [5, 5.41) is 0. The van der Waals surface area contributed by atoms with Crippen molar-refractivity contribution in [2.24, 2.45) is 21.1 Å². The summed E-state index contributed by atoms with van der Waals surface area (Å²) in [4.78, 5) is 29.0. The number of hydrogen-bond acceptors (Lipinski definition) is 5. The lowest BCUT2D eigenvalue weighted by molar-refractivity contribution is 0.388. The maximum Gasteiger partial charge on any atom is 0.332 e. The molecule has 0 radical (unpaired) electrons. The molecule has 0 aliphatic rings. The average molecular weight is 370 g/mol. The summed E-state index contributed by atoms with van der Waals surface area (Å²) in [6.45, 7) is 1.92. The van der Waals surface area contributed by atoms with Crippen LogP contribution in [0.2, 0.25) is 0 Å². The minimum absolute atomic E-state index is 0.350. The summed E-state index contributed by atoms with van der Waals surface area (Å²) < 4.78 is 15.0. The van der Waals surface area contributed by atoms with Crippen molar-refractivity contribution in [3.63, 3.8) is 0 Å². The lowest BCUT2D eigenvalue weighted by atomic mass is 10.1. The summed E-state index contributed by atoms with van der Waals surface area (Å²) in [5.41, 5.74) is 1.68. The highest BCUT2D eigenvalue weighted by molar-refractivity contribution is 5.78. The van der Waals surface area contributed by atoms with Crippen LogP contribution in [0.4, 0.5) is 0 Å². The van der Waals surface area contributed by atoms with E-state index in [0.717, 1.165) is 21.4 Å². The van der Waals surface area contributed by atoms with Gasteiger partial charge in [-0.3, -0.25) is 13.9 Å². The van der Waals surface area contributed by atoms with Crippen molar-refractivity contribution in [3.8, 4) is 11.5 Å². The van der Waals surface area contributed by atoms with Crippen molar-refractivity contribution in [3.05, 3.63) is 49.9 Å². The number of rotatable bonds is 4. The molecule has 2 heterocycles. The molecule has 27 heavy (non-hydrogen) atoms. The first-order chi connectivity index (χ1) is 12.8. The topological polar surface area (TPSA) is 80.3 Å². The smallest absolute Gasteiger partial charge is 0.332 e. The lowest BCUT2D eigenvalue weighted by Crippen LogP contribution is -2.37. The molecular weight excluding hydrogens is 348 g/mol. The van der Waals surface area contributed by atoms with Gasteiger partial charge in [0.05, 0.1) is 14.2 Å². The quantitative estimate of drug-likeness (QED) is 0.695. The highest BCUT2D eigenvalue weighted by atomic mass is 16.5. The molecule has 142 valence electrons. The van der Waals surface area contributed by atoms with Gasteiger partial charge >= 0.3 is 5.69 Å². The Balaban J connectivity index is 2.16. The molecule has 0 bridgehead atoms. The normalized spacial score (nSPS) is 11.5. The third kappa shape index (κ3) is 2.83. The number of hydrogen-bond donors (Lipinski definition) is 0. The fourth-order valence-corrected chi connectivity index (χ4v) is 3.17. The van der Waals surface area contributed by atoms with E-state index in [1.54, 1.807) is 39.0 Å². The van der Waals surface area contributed by atoms with Crippen molar-refractivity contribution >= 4 is 23.3 Å². The van der Waals surface area contributed by atoms with E-state index in [9.17, 15) is 9.59 Å². The van der Waals surface area contributed by atoms with E-state index in [0.29, 0.717) is 22.7 Å².